The predicted octanol–water partition coefficient (Wildman–Crippen LogP) is 2.26. The fourth-order valence-corrected chi connectivity index (χ4v) is 2.33. The van der Waals surface area contributed by atoms with Gasteiger partial charge in [-0.15, -0.1) is 0 Å². The van der Waals surface area contributed by atoms with Crippen LogP contribution in [0.5, 0.6) is 0 Å². The predicted molar refractivity (Wildman–Crippen MR) is 68.4 cm³/mol. The molecule has 0 spiro atoms. The monoisotopic (exact) mass is 218 g/mol. The van der Waals surface area contributed by atoms with Crippen molar-refractivity contribution < 1.29 is 0 Å². The van der Waals surface area contributed by atoms with Crippen LogP contribution in [0.2, 0.25) is 0 Å². The Hall–Kier alpha value is -0.860. The molecule has 1 saturated heterocycles. The summed E-state index contributed by atoms with van der Waals surface area (Å²) in [6, 6.07) is 11.5. The molecular formula is C14H22N2. The van der Waals surface area contributed by atoms with Crippen molar-refractivity contribution >= 4 is 0 Å². The molecule has 16 heavy (non-hydrogen) atoms. The summed E-state index contributed by atoms with van der Waals surface area (Å²) < 4.78 is 0. The Kier molecular flexibility index (Phi) is 4.37. The van der Waals surface area contributed by atoms with Crippen molar-refractivity contribution in [1.82, 2.24) is 10.2 Å². The van der Waals surface area contributed by atoms with Gasteiger partial charge in [-0.25, -0.2) is 0 Å². The average molecular weight is 218 g/mol. The summed E-state index contributed by atoms with van der Waals surface area (Å²) in [5.41, 5.74) is 1.43. The number of benzene rings is 1. The van der Waals surface area contributed by atoms with E-state index in [2.05, 4.69) is 47.5 Å². The maximum Gasteiger partial charge on any atom is 0.0234 e. The van der Waals surface area contributed by atoms with Crippen LogP contribution in [-0.2, 0) is 6.54 Å². The average Bonchev–Trinajstić information content (AvgIpc) is 2.75. The molecule has 0 radical (unpaired) electrons. The maximum absolute atomic E-state index is 3.61. The molecule has 1 aliphatic rings. The molecule has 1 atom stereocenters. The van der Waals surface area contributed by atoms with Crippen LogP contribution < -0.4 is 5.32 Å². The van der Waals surface area contributed by atoms with Crippen LogP contribution in [0, 0.1) is 0 Å². The van der Waals surface area contributed by atoms with E-state index in [1.54, 1.807) is 0 Å². The van der Waals surface area contributed by atoms with Gasteiger partial charge >= 0.3 is 0 Å². The third kappa shape index (κ3) is 3.32. The van der Waals surface area contributed by atoms with Crippen LogP contribution in [0.1, 0.15) is 25.3 Å². The van der Waals surface area contributed by atoms with Crippen LogP contribution in [0.4, 0.5) is 0 Å². The van der Waals surface area contributed by atoms with Gasteiger partial charge in [0.1, 0.15) is 0 Å². The molecule has 0 aliphatic carbocycles. The van der Waals surface area contributed by atoms with Gasteiger partial charge in [0.25, 0.3) is 0 Å². The fraction of sp³-hybridized carbons (Fsp3) is 0.571. The van der Waals surface area contributed by atoms with Crippen LogP contribution in [-0.4, -0.2) is 30.6 Å². The SMILES string of the molecule is CCCN[C@@H]1CCN(Cc2ccccc2)C1. The molecule has 1 fully saturated rings. The van der Waals surface area contributed by atoms with Gasteiger partial charge in [-0.05, 0) is 24.9 Å². The molecule has 1 aromatic carbocycles. The van der Waals surface area contributed by atoms with Crippen molar-refractivity contribution in [3.8, 4) is 0 Å². The Balaban J connectivity index is 1.76. The lowest BCUT2D eigenvalue weighted by molar-refractivity contribution is 0.320. The first-order valence-corrected chi connectivity index (χ1v) is 6.38. The number of nitrogens with zero attached hydrogens (tertiary/aromatic N) is 1. The number of likely N-dealkylation sites (tertiary alicyclic amines) is 1. The number of rotatable bonds is 5. The van der Waals surface area contributed by atoms with Crippen LogP contribution in [0.3, 0.4) is 0 Å². The second-order valence-corrected chi connectivity index (χ2v) is 4.66. The Morgan fingerprint density at radius 1 is 1.31 bits per heavy atom. The van der Waals surface area contributed by atoms with E-state index in [0.717, 1.165) is 13.1 Å². The summed E-state index contributed by atoms with van der Waals surface area (Å²) in [6.45, 7) is 6.92. The molecule has 1 aromatic rings. The summed E-state index contributed by atoms with van der Waals surface area (Å²) in [5.74, 6) is 0. The highest BCUT2D eigenvalue weighted by atomic mass is 15.2. The Morgan fingerprint density at radius 3 is 2.88 bits per heavy atom. The lowest BCUT2D eigenvalue weighted by Gasteiger charge is -2.16. The van der Waals surface area contributed by atoms with Gasteiger partial charge < -0.3 is 5.32 Å². The Morgan fingerprint density at radius 2 is 2.12 bits per heavy atom. The van der Waals surface area contributed by atoms with E-state index < -0.39 is 0 Å². The van der Waals surface area contributed by atoms with Crippen molar-refractivity contribution in [1.29, 1.82) is 0 Å². The third-order valence-corrected chi connectivity index (χ3v) is 3.20. The highest BCUT2D eigenvalue weighted by molar-refractivity contribution is 5.14. The van der Waals surface area contributed by atoms with E-state index in [1.807, 2.05) is 0 Å². The Bertz CT molecular complexity index is 297. The van der Waals surface area contributed by atoms with E-state index in [-0.39, 0.29) is 0 Å². The maximum atomic E-state index is 3.61. The molecular weight excluding hydrogens is 196 g/mol. The zero-order valence-corrected chi connectivity index (χ0v) is 10.2. The van der Waals surface area contributed by atoms with E-state index >= 15 is 0 Å². The molecule has 2 nitrogen and oxygen atoms in total. The molecule has 1 aliphatic heterocycles. The first kappa shape index (κ1) is 11.6. The number of hydrogen-bond acceptors (Lipinski definition) is 2. The van der Waals surface area contributed by atoms with E-state index in [4.69, 9.17) is 0 Å². The van der Waals surface area contributed by atoms with Crippen molar-refractivity contribution in [3.05, 3.63) is 35.9 Å². The molecule has 88 valence electrons. The second kappa shape index (κ2) is 6.02. The van der Waals surface area contributed by atoms with Crippen molar-refractivity contribution in [2.24, 2.45) is 0 Å². The first-order valence-electron chi connectivity index (χ1n) is 6.38. The van der Waals surface area contributed by atoms with Gasteiger partial charge in [-0.1, -0.05) is 37.3 Å². The van der Waals surface area contributed by atoms with Crippen molar-refractivity contribution in [2.45, 2.75) is 32.4 Å². The Labute approximate surface area is 98.7 Å². The van der Waals surface area contributed by atoms with E-state index in [0.29, 0.717) is 6.04 Å². The minimum atomic E-state index is 0.712. The van der Waals surface area contributed by atoms with Crippen LogP contribution >= 0.6 is 0 Å². The van der Waals surface area contributed by atoms with Gasteiger partial charge in [-0.3, -0.25) is 4.90 Å². The molecule has 0 saturated carbocycles. The molecule has 0 unspecified atom stereocenters. The summed E-state index contributed by atoms with van der Waals surface area (Å²) in [4.78, 5) is 2.54. The van der Waals surface area contributed by atoms with Crippen LogP contribution in [0.25, 0.3) is 0 Å². The van der Waals surface area contributed by atoms with Gasteiger partial charge in [0.15, 0.2) is 0 Å². The van der Waals surface area contributed by atoms with Crippen molar-refractivity contribution in [2.75, 3.05) is 19.6 Å². The molecule has 2 rings (SSSR count). The molecule has 0 amide bonds. The zero-order chi connectivity index (χ0) is 11.2. The minimum Gasteiger partial charge on any atom is -0.313 e. The van der Waals surface area contributed by atoms with Gasteiger partial charge in [0.2, 0.25) is 0 Å². The number of hydrogen-bond donors (Lipinski definition) is 1. The second-order valence-electron chi connectivity index (χ2n) is 4.66. The van der Waals surface area contributed by atoms with E-state index in [1.165, 1.54) is 31.5 Å². The quantitative estimate of drug-likeness (QED) is 0.815. The number of nitrogens with one attached hydrogen (secondary N) is 1. The first-order chi connectivity index (χ1) is 7.88. The normalized spacial score (nSPS) is 21.4. The summed E-state index contributed by atoms with van der Waals surface area (Å²) >= 11 is 0. The third-order valence-electron chi connectivity index (χ3n) is 3.20. The summed E-state index contributed by atoms with van der Waals surface area (Å²) in [7, 11) is 0. The molecule has 1 heterocycles. The van der Waals surface area contributed by atoms with Crippen molar-refractivity contribution in [3.63, 3.8) is 0 Å². The molecule has 0 aromatic heterocycles. The largest absolute Gasteiger partial charge is 0.313 e. The lowest BCUT2D eigenvalue weighted by Crippen LogP contribution is -2.32. The molecule has 0 bridgehead atoms. The molecule has 1 N–H and O–H groups in total. The topological polar surface area (TPSA) is 15.3 Å². The highest BCUT2D eigenvalue weighted by Crippen LogP contribution is 2.13. The highest BCUT2D eigenvalue weighted by Gasteiger charge is 2.21. The zero-order valence-electron chi connectivity index (χ0n) is 10.2. The van der Waals surface area contributed by atoms with Gasteiger partial charge in [0.05, 0.1) is 0 Å². The minimum absolute atomic E-state index is 0.712. The van der Waals surface area contributed by atoms with Gasteiger partial charge in [-0.2, -0.15) is 0 Å². The summed E-state index contributed by atoms with van der Waals surface area (Å²) in [6.07, 6.45) is 2.53. The van der Waals surface area contributed by atoms with Gasteiger partial charge in [0, 0.05) is 25.7 Å². The molecule has 2 heteroatoms. The standard InChI is InChI=1S/C14H22N2/c1-2-9-15-14-8-10-16(12-14)11-13-6-4-3-5-7-13/h3-7,14-15H,2,8-12H2,1H3/t14-/m1/s1. The van der Waals surface area contributed by atoms with E-state index in [9.17, 15) is 0 Å². The lowest BCUT2D eigenvalue weighted by atomic mass is 10.2. The summed E-state index contributed by atoms with van der Waals surface area (Å²) in [5, 5.41) is 3.61. The fourth-order valence-electron chi connectivity index (χ4n) is 2.33. The smallest absolute Gasteiger partial charge is 0.0234 e. The van der Waals surface area contributed by atoms with Crippen LogP contribution in [0.15, 0.2) is 30.3 Å².